The first-order chi connectivity index (χ1) is 11.4. The van der Waals surface area contributed by atoms with Gasteiger partial charge in [-0.3, -0.25) is 0 Å². The zero-order valence-electron chi connectivity index (χ0n) is 14.4. The maximum Gasteiger partial charge on any atom is 0.241 e. The molecule has 6 nitrogen and oxygen atoms in total. The number of benzene rings is 1. The van der Waals surface area contributed by atoms with Gasteiger partial charge in [0, 0.05) is 18.4 Å². The van der Waals surface area contributed by atoms with Crippen LogP contribution in [0.15, 0.2) is 24.3 Å². The fraction of sp³-hybridized carbons (Fsp3) is 0.500. The van der Waals surface area contributed by atoms with E-state index in [4.69, 9.17) is 15.3 Å². The number of hydrogen-bond acceptors (Lipinski definition) is 5. The van der Waals surface area contributed by atoms with E-state index in [0.717, 1.165) is 11.3 Å². The van der Waals surface area contributed by atoms with E-state index in [1.807, 2.05) is 13.8 Å². The summed E-state index contributed by atoms with van der Waals surface area (Å²) < 4.78 is 11.7. The minimum atomic E-state index is -0.505. The standard InChI is InChI=1S/C18H25N3O3/c1-11-4-6-14(7-5-11)9-16-13(3)21(19)20-18(16)24-17-10-15(22)8-12(2)23-17/h4-7,12,15,17,22H,8-10,19H2,1-3H3/t12-,15+,17+/m1/s1. The van der Waals surface area contributed by atoms with E-state index < -0.39 is 12.4 Å². The van der Waals surface area contributed by atoms with Crippen LogP contribution in [-0.2, 0) is 11.2 Å². The molecule has 24 heavy (non-hydrogen) atoms. The Balaban J connectivity index is 1.80. The molecule has 6 heteroatoms. The molecule has 3 rings (SSSR count). The molecular formula is C18H25N3O3. The topological polar surface area (TPSA) is 82.5 Å². The average molecular weight is 331 g/mol. The molecule has 1 aromatic carbocycles. The first kappa shape index (κ1) is 16.8. The molecule has 3 atom stereocenters. The van der Waals surface area contributed by atoms with Gasteiger partial charge < -0.3 is 20.4 Å². The van der Waals surface area contributed by atoms with Crippen molar-refractivity contribution in [1.29, 1.82) is 0 Å². The molecule has 2 aromatic rings. The Kier molecular flexibility index (Phi) is 4.78. The van der Waals surface area contributed by atoms with E-state index in [9.17, 15) is 5.11 Å². The number of nitrogens with two attached hydrogens (primary N) is 1. The molecule has 0 saturated carbocycles. The summed E-state index contributed by atoms with van der Waals surface area (Å²) in [4.78, 5) is 1.33. The molecule has 1 aliphatic rings. The van der Waals surface area contributed by atoms with Gasteiger partial charge in [0.2, 0.25) is 12.2 Å². The molecule has 3 N–H and O–H groups in total. The summed E-state index contributed by atoms with van der Waals surface area (Å²) in [5.41, 5.74) is 4.19. The Hall–Kier alpha value is -2.05. The van der Waals surface area contributed by atoms with Crippen LogP contribution in [0.1, 0.15) is 42.1 Å². The number of ether oxygens (including phenoxy) is 2. The highest BCUT2D eigenvalue weighted by Crippen LogP contribution is 2.28. The minimum absolute atomic E-state index is 0.0413. The van der Waals surface area contributed by atoms with Gasteiger partial charge in [0.25, 0.3) is 0 Å². The fourth-order valence-corrected chi connectivity index (χ4v) is 3.01. The lowest BCUT2D eigenvalue weighted by Gasteiger charge is -2.30. The van der Waals surface area contributed by atoms with Crippen molar-refractivity contribution in [1.82, 2.24) is 9.89 Å². The predicted molar refractivity (Wildman–Crippen MR) is 91.3 cm³/mol. The van der Waals surface area contributed by atoms with Crippen molar-refractivity contribution >= 4 is 0 Å². The third kappa shape index (κ3) is 3.71. The van der Waals surface area contributed by atoms with E-state index >= 15 is 0 Å². The predicted octanol–water partition coefficient (Wildman–Crippen LogP) is 2.07. The Bertz CT molecular complexity index is 686. The van der Waals surface area contributed by atoms with Gasteiger partial charge >= 0.3 is 0 Å². The van der Waals surface area contributed by atoms with Gasteiger partial charge in [-0.1, -0.05) is 29.8 Å². The fourth-order valence-electron chi connectivity index (χ4n) is 3.01. The van der Waals surface area contributed by atoms with E-state index in [-0.39, 0.29) is 6.10 Å². The summed E-state index contributed by atoms with van der Waals surface area (Å²) in [7, 11) is 0. The lowest BCUT2D eigenvalue weighted by atomic mass is 10.0. The highest BCUT2D eigenvalue weighted by Gasteiger charge is 2.29. The van der Waals surface area contributed by atoms with E-state index in [1.165, 1.54) is 15.9 Å². The molecule has 1 saturated heterocycles. The molecule has 0 aliphatic carbocycles. The van der Waals surface area contributed by atoms with Crippen molar-refractivity contribution < 1.29 is 14.6 Å². The third-order valence-electron chi connectivity index (χ3n) is 4.43. The van der Waals surface area contributed by atoms with Gasteiger partial charge in [-0.2, -0.15) is 4.79 Å². The second-order valence-corrected chi connectivity index (χ2v) is 6.60. The molecule has 130 valence electrons. The smallest absolute Gasteiger partial charge is 0.241 e. The van der Waals surface area contributed by atoms with Crippen LogP contribution in [0.2, 0.25) is 0 Å². The molecule has 1 fully saturated rings. The van der Waals surface area contributed by atoms with Gasteiger partial charge in [0.05, 0.1) is 17.9 Å². The summed E-state index contributed by atoms with van der Waals surface area (Å²) in [6.07, 6.45) is 0.782. The first-order valence-electron chi connectivity index (χ1n) is 8.31. The summed E-state index contributed by atoms with van der Waals surface area (Å²) >= 11 is 0. The number of hydrogen-bond donors (Lipinski definition) is 2. The number of nitrogens with zero attached hydrogens (tertiary/aromatic N) is 2. The Morgan fingerprint density at radius 1 is 1.29 bits per heavy atom. The molecule has 0 unspecified atom stereocenters. The number of aryl methyl sites for hydroxylation is 1. The van der Waals surface area contributed by atoms with E-state index in [1.54, 1.807) is 0 Å². The summed E-state index contributed by atoms with van der Waals surface area (Å²) in [5, 5.41) is 14.2. The van der Waals surface area contributed by atoms with E-state index in [2.05, 4.69) is 36.3 Å². The quantitative estimate of drug-likeness (QED) is 0.838. The number of aliphatic hydroxyl groups is 1. The molecule has 0 spiro atoms. The molecule has 0 radical (unpaired) electrons. The van der Waals surface area contributed by atoms with Crippen LogP contribution in [0.5, 0.6) is 5.88 Å². The van der Waals surface area contributed by atoms with Crippen LogP contribution in [0.3, 0.4) is 0 Å². The summed E-state index contributed by atoms with van der Waals surface area (Å²) in [6.45, 7) is 5.91. The molecule has 2 heterocycles. The van der Waals surface area contributed by atoms with Crippen molar-refractivity contribution in [2.24, 2.45) is 0 Å². The largest absolute Gasteiger partial charge is 0.446 e. The van der Waals surface area contributed by atoms with Crippen molar-refractivity contribution in [2.45, 2.75) is 58.5 Å². The van der Waals surface area contributed by atoms with Crippen LogP contribution in [-0.4, -0.2) is 33.5 Å². The van der Waals surface area contributed by atoms with Crippen LogP contribution in [0.4, 0.5) is 0 Å². The Morgan fingerprint density at radius 3 is 2.67 bits per heavy atom. The minimum Gasteiger partial charge on any atom is -0.446 e. The van der Waals surface area contributed by atoms with Crippen molar-refractivity contribution in [3.8, 4) is 5.88 Å². The molecular weight excluding hydrogens is 306 g/mol. The van der Waals surface area contributed by atoms with Crippen LogP contribution in [0, 0.1) is 13.8 Å². The van der Waals surface area contributed by atoms with Crippen molar-refractivity contribution in [2.75, 3.05) is 5.84 Å². The monoisotopic (exact) mass is 331 g/mol. The van der Waals surface area contributed by atoms with Gasteiger partial charge in [-0.05, 0) is 32.8 Å². The number of rotatable bonds is 4. The van der Waals surface area contributed by atoms with Crippen molar-refractivity contribution in [3.63, 3.8) is 0 Å². The normalized spacial score (nSPS) is 24.1. The summed E-state index contributed by atoms with van der Waals surface area (Å²) in [6, 6.07) is 8.35. The Morgan fingerprint density at radius 2 is 2.00 bits per heavy atom. The van der Waals surface area contributed by atoms with Crippen LogP contribution >= 0.6 is 0 Å². The lowest BCUT2D eigenvalue weighted by molar-refractivity contribution is -0.171. The molecule has 1 aromatic heterocycles. The van der Waals surface area contributed by atoms with Crippen LogP contribution in [0.25, 0.3) is 0 Å². The summed E-state index contributed by atoms with van der Waals surface area (Å²) in [5.74, 6) is 6.39. The second kappa shape index (κ2) is 6.83. The maximum atomic E-state index is 9.91. The molecule has 0 bridgehead atoms. The zero-order valence-corrected chi connectivity index (χ0v) is 14.4. The van der Waals surface area contributed by atoms with Crippen LogP contribution < -0.4 is 10.6 Å². The lowest BCUT2D eigenvalue weighted by Crippen LogP contribution is -2.37. The van der Waals surface area contributed by atoms with Gasteiger partial charge in [0.1, 0.15) is 0 Å². The van der Waals surface area contributed by atoms with Gasteiger partial charge in [-0.25, -0.2) is 0 Å². The average Bonchev–Trinajstić information content (AvgIpc) is 2.76. The second-order valence-electron chi connectivity index (χ2n) is 6.60. The zero-order chi connectivity index (χ0) is 17.3. The number of aromatic nitrogens is 2. The third-order valence-corrected chi connectivity index (χ3v) is 4.43. The highest BCUT2D eigenvalue weighted by atomic mass is 16.7. The SMILES string of the molecule is Cc1ccc(Cc2c(O[C@H]3C[C@@H](O)C[C@@H](C)O3)nn(N)c2C)cc1. The molecule has 1 aliphatic heterocycles. The maximum absolute atomic E-state index is 9.91. The molecule has 0 amide bonds. The Labute approximate surface area is 142 Å². The number of nitrogen functional groups attached to an aromatic ring is 1. The highest BCUT2D eigenvalue weighted by molar-refractivity contribution is 5.37. The van der Waals surface area contributed by atoms with Gasteiger partial charge in [0.15, 0.2) is 0 Å². The number of aliphatic hydroxyl groups excluding tert-OH is 1. The first-order valence-corrected chi connectivity index (χ1v) is 8.31. The van der Waals surface area contributed by atoms with Gasteiger partial charge in [-0.15, -0.1) is 5.10 Å². The van der Waals surface area contributed by atoms with Crippen molar-refractivity contribution in [3.05, 3.63) is 46.6 Å². The van der Waals surface area contributed by atoms with E-state index in [0.29, 0.717) is 25.1 Å².